The fraction of sp³-hybridized carbons (Fsp3) is 0.463. The molecule has 2 atom stereocenters. The molecule has 324 valence electrons. The highest BCUT2D eigenvalue weighted by molar-refractivity contribution is 6.34. The lowest BCUT2D eigenvalue weighted by Crippen LogP contribution is -3.14. The van der Waals surface area contributed by atoms with Gasteiger partial charge in [-0.3, -0.25) is 14.4 Å². The van der Waals surface area contributed by atoms with Crippen LogP contribution < -0.4 is 20.4 Å². The van der Waals surface area contributed by atoms with Crippen molar-refractivity contribution in [2.45, 2.75) is 32.9 Å². The van der Waals surface area contributed by atoms with Crippen LogP contribution in [0.15, 0.2) is 54.9 Å². The van der Waals surface area contributed by atoms with Crippen LogP contribution in [0.5, 0.6) is 0 Å². The average Bonchev–Trinajstić information content (AvgIpc) is 3.82. The van der Waals surface area contributed by atoms with E-state index in [0.29, 0.717) is 43.7 Å². The fourth-order valence-corrected chi connectivity index (χ4v) is 7.12. The molecule has 4 N–H and O–H groups in total. The summed E-state index contributed by atoms with van der Waals surface area (Å²) in [5.74, 6) is -0.428. The van der Waals surface area contributed by atoms with E-state index in [1.807, 2.05) is 19.0 Å². The summed E-state index contributed by atoms with van der Waals surface area (Å²) in [5.41, 5.74) is 0.457. The number of nitrogens with one attached hydrogen (secondary N) is 3. The number of benzene rings is 2. The number of amides is 3. The number of carbonyl (C=O) groups is 4. The largest absolute Gasteiger partial charge is 0.477 e. The molecule has 0 saturated carbocycles. The summed E-state index contributed by atoms with van der Waals surface area (Å²) < 4.78 is 44.5. The van der Waals surface area contributed by atoms with E-state index in [0.717, 1.165) is 49.4 Å². The molecule has 0 aliphatic carbocycles. The molecular formula is C41H53ClF3N10O5+. The second-order valence-electron chi connectivity index (χ2n) is 15.5. The molecule has 0 bridgehead atoms. The zero-order valence-corrected chi connectivity index (χ0v) is 35.2. The van der Waals surface area contributed by atoms with E-state index in [1.165, 1.54) is 53.5 Å². The highest BCUT2D eigenvalue weighted by Gasteiger charge is 2.39. The molecule has 2 unspecified atom stereocenters. The first kappa shape index (κ1) is 45.6. The van der Waals surface area contributed by atoms with E-state index >= 15 is 0 Å². The summed E-state index contributed by atoms with van der Waals surface area (Å²) in [6.45, 7) is 10.4. The molecule has 0 spiro atoms. The minimum absolute atomic E-state index is 0.0345. The number of hydrogen-bond acceptors (Lipinski definition) is 8. The predicted molar refractivity (Wildman–Crippen MR) is 222 cm³/mol. The number of halogens is 4. The molecule has 0 radical (unpaired) electrons. The van der Waals surface area contributed by atoms with Crippen molar-refractivity contribution in [1.82, 2.24) is 34.4 Å². The van der Waals surface area contributed by atoms with E-state index in [2.05, 4.69) is 34.6 Å². The van der Waals surface area contributed by atoms with E-state index in [4.69, 9.17) is 16.7 Å². The van der Waals surface area contributed by atoms with Crippen LogP contribution in [0.3, 0.4) is 0 Å². The van der Waals surface area contributed by atoms with E-state index in [1.54, 1.807) is 34.1 Å². The Labute approximate surface area is 352 Å². The summed E-state index contributed by atoms with van der Waals surface area (Å²) in [5, 5.41) is 18.7. The first-order valence-electron chi connectivity index (χ1n) is 19.8. The molecule has 4 heterocycles. The first-order valence-corrected chi connectivity index (χ1v) is 20.2. The lowest BCUT2D eigenvalue weighted by Gasteiger charge is -2.32. The highest BCUT2D eigenvalue weighted by atomic mass is 35.5. The second-order valence-corrected chi connectivity index (χ2v) is 15.9. The molecule has 15 nitrogen and oxygen atoms in total. The molecule has 2 aliphatic rings. The number of carboxylic acids is 1. The van der Waals surface area contributed by atoms with Gasteiger partial charge in [-0.1, -0.05) is 31.9 Å². The number of imidazole rings is 1. The van der Waals surface area contributed by atoms with Gasteiger partial charge in [0, 0.05) is 83.9 Å². The number of nitrogens with zero attached hydrogens (tertiary/aromatic N) is 7. The third kappa shape index (κ3) is 11.6. The van der Waals surface area contributed by atoms with Gasteiger partial charge in [-0.25, -0.2) is 14.5 Å². The molecule has 19 heteroatoms. The number of alkyl halides is 3. The van der Waals surface area contributed by atoms with Crippen LogP contribution in [0, 0.1) is 11.8 Å². The molecule has 2 fully saturated rings. The maximum atomic E-state index is 14.1. The van der Waals surface area contributed by atoms with Crippen molar-refractivity contribution >= 4 is 47.2 Å². The molecule has 3 amide bonds. The van der Waals surface area contributed by atoms with Gasteiger partial charge in [-0.2, -0.15) is 18.3 Å². The Kier molecular flexibility index (Phi) is 15.4. The van der Waals surface area contributed by atoms with Gasteiger partial charge < -0.3 is 39.9 Å². The summed E-state index contributed by atoms with van der Waals surface area (Å²) in [7, 11) is 5.13. The molecule has 2 aliphatic heterocycles. The molecule has 4 aromatic rings. The normalized spacial score (nSPS) is 15.3. The van der Waals surface area contributed by atoms with Crippen molar-refractivity contribution in [2.75, 3.05) is 83.2 Å². The zero-order chi connectivity index (χ0) is 43.7. The molecule has 2 aromatic carbocycles. The third-order valence-electron chi connectivity index (χ3n) is 10.8. The van der Waals surface area contributed by atoms with Gasteiger partial charge in [0.1, 0.15) is 0 Å². The van der Waals surface area contributed by atoms with Crippen molar-refractivity contribution in [1.29, 1.82) is 0 Å². The van der Waals surface area contributed by atoms with Crippen molar-refractivity contribution in [3.63, 3.8) is 0 Å². The number of aromatic nitrogens is 4. The predicted octanol–water partition coefficient (Wildman–Crippen LogP) is 3.79. The van der Waals surface area contributed by atoms with E-state index < -0.39 is 23.7 Å². The third-order valence-corrected chi connectivity index (χ3v) is 11.1. The monoisotopic (exact) mass is 857 g/mol. The molecule has 60 heavy (non-hydrogen) atoms. The van der Waals surface area contributed by atoms with Gasteiger partial charge in [0.25, 0.3) is 11.8 Å². The van der Waals surface area contributed by atoms with Crippen LogP contribution in [0.25, 0.3) is 16.9 Å². The quantitative estimate of drug-likeness (QED) is 0.131. The van der Waals surface area contributed by atoms with E-state index in [-0.39, 0.29) is 45.8 Å². The number of carbonyl (C=O) groups excluding carboxylic acids is 3. The van der Waals surface area contributed by atoms with Crippen molar-refractivity contribution < 1.29 is 42.4 Å². The van der Waals surface area contributed by atoms with Crippen LogP contribution in [-0.2, 0) is 22.8 Å². The minimum atomic E-state index is -4.77. The van der Waals surface area contributed by atoms with Crippen LogP contribution in [0.4, 0.5) is 24.5 Å². The molecule has 2 saturated heterocycles. The van der Waals surface area contributed by atoms with Gasteiger partial charge in [-0.15, -0.1) is 0 Å². The van der Waals surface area contributed by atoms with Crippen molar-refractivity contribution in [3.05, 3.63) is 77.0 Å². The standard InChI is InChI=1S/C29H28ClF3N8O3.C12H24N2O2/c1-37(2)19-5-7-20(8-6-19)41-16-22(25(36-41)29(31,32)33)24-15-34-26(38(24)3)27(43)35-18-4-9-21(23(30)14-18)28(44)40-12-10-39(17-42)11-13-40;1-3-10(2)4-5-14(9-12(15)16)8-11-6-13-7-11/h4-9,14-17H,10-13H2,1-3H3,(H,35,43);10-11,13H,3-9H2,1-2H3,(H,15,16)/p+1. The van der Waals surface area contributed by atoms with E-state index in [9.17, 15) is 32.3 Å². The van der Waals surface area contributed by atoms with Crippen LogP contribution in [-0.4, -0.2) is 131 Å². The van der Waals surface area contributed by atoms with Gasteiger partial charge in [0.15, 0.2) is 18.1 Å². The molecular weight excluding hydrogens is 805 g/mol. The Morgan fingerprint density at radius 2 is 1.78 bits per heavy atom. The highest BCUT2D eigenvalue weighted by Crippen LogP contribution is 2.37. The Balaban J connectivity index is 0.000000359. The Bertz CT molecular complexity index is 2110. The number of anilines is 2. The summed E-state index contributed by atoms with van der Waals surface area (Å²) in [6, 6.07) is 11.2. The van der Waals surface area contributed by atoms with Crippen molar-refractivity contribution in [3.8, 4) is 16.9 Å². The topological polar surface area (TPSA) is 162 Å². The second kappa shape index (κ2) is 20.2. The van der Waals surface area contributed by atoms with Gasteiger partial charge in [-0.05, 0) is 54.8 Å². The summed E-state index contributed by atoms with van der Waals surface area (Å²) >= 11 is 6.38. The van der Waals surface area contributed by atoms with Gasteiger partial charge in [0.2, 0.25) is 6.41 Å². The number of carboxylic acid groups (broad SMARTS) is 1. The smallest absolute Gasteiger partial charge is 0.435 e. The van der Waals surface area contributed by atoms with Gasteiger partial charge in [0.05, 0.1) is 46.8 Å². The number of hydrogen-bond donors (Lipinski definition) is 4. The number of aliphatic carboxylic acids is 1. The Morgan fingerprint density at radius 1 is 1.10 bits per heavy atom. The first-order chi connectivity index (χ1) is 28.5. The maximum Gasteiger partial charge on any atom is 0.435 e. The van der Waals surface area contributed by atoms with Crippen molar-refractivity contribution in [2.24, 2.45) is 18.9 Å². The zero-order valence-electron chi connectivity index (χ0n) is 34.4. The number of piperazine rings is 1. The SMILES string of the molecule is CCC(C)CC[NH+](CC(=O)O)CC1CNC1.CN(C)c1ccc(-n2cc(-c3cnc(C(=O)Nc4ccc(C(=O)N5CCN(C=O)CC5)c(Cl)c4)n3C)c(C(F)(F)F)n2)cc1. The Hall–Kier alpha value is -5.46. The molecule has 2 aromatic heterocycles. The maximum absolute atomic E-state index is 14.1. The fourth-order valence-electron chi connectivity index (χ4n) is 6.86. The molecule has 6 rings (SSSR count). The lowest BCUT2D eigenvalue weighted by molar-refractivity contribution is -0.897. The van der Waals surface area contributed by atoms with Crippen LogP contribution in [0.1, 0.15) is 53.4 Å². The minimum Gasteiger partial charge on any atom is -0.477 e. The number of rotatable bonds is 15. The van der Waals surface area contributed by atoms with Crippen LogP contribution in [0.2, 0.25) is 5.02 Å². The lowest BCUT2D eigenvalue weighted by atomic mass is 10.0. The average molecular weight is 858 g/mol. The summed E-state index contributed by atoms with van der Waals surface area (Å²) in [6.07, 6.45) is 0.726. The van der Waals surface area contributed by atoms with Crippen LogP contribution >= 0.6 is 11.6 Å². The summed E-state index contributed by atoms with van der Waals surface area (Å²) in [4.78, 5) is 58.1. The Morgan fingerprint density at radius 3 is 2.33 bits per heavy atom. The number of quaternary nitrogens is 1. The van der Waals surface area contributed by atoms with Gasteiger partial charge >= 0.3 is 12.1 Å².